The average molecular weight is 342 g/mol. The molecule has 0 radical (unpaired) electrons. The predicted octanol–water partition coefficient (Wildman–Crippen LogP) is 3.32. The summed E-state index contributed by atoms with van der Waals surface area (Å²) >= 11 is 6.16. The van der Waals surface area contributed by atoms with E-state index in [1.807, 2.05) is 0 Å². The van der Waals surface area contributed by atoms with Gasteiger partial charge in [0, 0.05) is 11.5 Å². The van der Waals surface area contributed by atoms with Crippen molar-refractivity contribution in [2.75, 3.05) is 6.61 Å². The van der Waals surface area contributed by atoms with Crippen molar-refractivity contribution in [3.8, 4) is 5.75 Å². The van der Waals surface area contributed by atoms with E-state index in [2.05, 4.69) is 14.2 Å². The molecule has 0 saturated heterocycles. The third-order valence-corrected chi connectivity index (χ3v) is 4.55. The first-order chi connectivity index (χ1) is 10.4. The van der Waals surface area contributed by atoms with Crippen LogP contribution in [0.4, 0.5) is 4.39 Å². The summed E-state index contributed by atoms with van der Waals surface area (Å²) in [6.45, 7) is 0.377. The van der Waals surface area contributed by atoms with Gasteiger partial charge < -0.3 is 9.72 Å². The minimum atomic E-state index is -1.17. The van der Waals surface area contributed by atoms with Crippen LogP contribution in [0.2, 0.25) is 5.02 Å². The van der Waals surface area contributed by atoms with Crippen LogP contribution >= 0.6 is 20.8 Å². The number of hydrogen-bond donors (Lipinski definition) is 1. The molecule has 0 spiro atoms. The average Bonchev–Trinajstić information content (AvgIpc) is 2.42. The summed E-state index contributed by atoms with van der Waals surface area (Å²) in [7, 11) is 2.21. The zero-order chi connectivity index (χ0) is 15.9. The summed E-state index contributed by atoms with van der Waals surface area (Å²) in [6.07, 6.45) is 1.39. The number of carbonyl (C=O) groups excluding carboxylic acids is 1. The lowest BCUT2D eigenvalue weighted by molar-refractivity contribution is 0.0592. The second-order valence-corrected chi connectivity index (χ2v) is 7.10. The fourth-order valence-electron chi connectivity index (χ4n) is 2.65. The van der Waals surface area contributed by atoms with Gasteiger partial charge in [0.2, 0.25) is 0 Å². The highest BCUT2D eigenvalue weighted by Gasteiger charge is 2.41. The molecule has 1 N–H and O–H groups in total. The van der Waals surface area contributed by atoms with Gasteiger partial charge >= 0.3 is 0 Å². The maximum Gasteiger partial charge on any atom is 0.259 e. The minimum Gasteiger partial charge on any atom is -0.492 e. The Kier molecular flexibility index (Phi) is 3.96. The number of aldehydes is 1. The molecule has 2 aromatic rings. The molecule has 4 nitrogen and oxygen atoms in total. The second kappa shape index (κ2) is 5.64. The van der Waals surface area contributed by atoms with Crippen LogP contribution in [0.3, 0.4) is 0 Å². The van der Waals surface area contributed by atoms with Crippen LogP contribution in [-0.2, 0) is 0 Å². The van der Waals surface area contributed by atoms with Crippen molar-refractivity contribution in [2.24, 2.45) is 5.92 Å². The summed E-state index contributed by atoms with van der Waals surface area (Å²) in [4.78, 5) is 25.0. The largest absolute Gasteiger partial charge is 0.492 e. The molecule has 1 heterocycles. The van der Waals surface area contributed by atoms with Gasteiger partial charge in [-0.05, 0) is 30.9 Å². The van der Waals surface area contributed by atoms with Gasteiger partial charge in [0.15, 0.2) is 6.29 Å². The van der Waals surface area contributed by atoms with E-state index < -0.39 is 11.0 Å². The number of aromatic nitrogens is 1. The number of ether oxygens (including phenoxy) is 1. The van der Waals surface area contributed by atoms with Crippen molar-refractivity contribution < 1.29 is 13.9 Å². The van der Waals surface area contributed by atoms with E-state index in [4.69, 9.17) is 16.3 Å². The smallest absolute Gasteiger partial charge is 0.259 e. The number of H-pyrrole nitrogens is 1. The molecule has 1 aliphatic rings. The molecule has 22 heavy (non-hydrogen) atoms. The van der Waals surface area contributed by atoms with Crippen LogP contribution in [0.15, 0.2) is 23.0 Å². The number of rotatable bonds is 4. The Bertz CT molecular complexity index is 797. The van der Waals surface area contributed by atoms with Crippen molar-refractivity contribution in [3.05, 3.63) is 39.1 Å². The highest BCUT2D eigenvalue weighted by molar-refractivity contribution is 7.18. The molecule has 116 valence electrons. The van der Waals surface area contributed by atoms with Crippen LogP contribution in [0.1, 0.15) is 23.2 Å². The molecular formula is C15H14ClFNO3P. The van der Waals surface area contributed by atoms with Crippen molar-refractivity contribution in [1.29, 1.82) is 0 Å². The Morgan fingerprint density at radius 3 is 2.82 bits per heavy atom. The Morgan fingerprint density at radius 1 is 1.45 bits per heavy atom. The third kappa shape index (κ3) is 3.01. The minimum absolute atomic E-state index is 0.0476. The van der Waals surface area contributed by atoms with Gasteiger partial charge in [-0.2, -0.15) is 0 Å². The Hall–Kier alpha value is -1.45. The van der Waals surface area contributed by atoms with Gasteiger partial charge in [0.1, 0.15) is 11.2 Å². The SMILES string of the molecule is O=Cc1cc2cc(Cl)c(OCC3CC(F)(P)C3)cc2[nH]c1=O. The second-order valence-electron chi connectivity index (χ2n) is 5.66. The molecule has 1 aromatic heterocycles. The number of carbonyl (C=O) groups is 1. The molecule has 3 rings (SSSR count). The van der Waals surface area contributed by atoms with E-state index in [-0.39, 0.29) is 11.5 Å². The van der Waals surface area contributed by atoms with E-state index in [0.29, 0.717) is 47.4 Å². The van der Waals surface area contributed by atoms with Crippen LogP contribution in [0, 0.1) is 5.92 Å². The number of alkyl halides is 1. The molecule has 1 saturated carbocycles. The fraction of sp³-hybridized carbons (Fsp3) is 0.333. The molecule has 0 amide bonds. The molecule has 7 heteroatoms. The number of aromatic amines is 1. The van der Waals surface area contributed by atoms with Crippen molar-refractivity contribution in [2.45, 2.75) is 18.3 Å². The van der Waals surface area contributed by atoms with E-state index >= 15 is 0 Å². The summed E-state index contributed by atoms with van der Waals surface area (Å²) in [5.41, 5.74) is 0.126. The highest BCUT2D eigenvalue weighted by Crippen LogP contribution is 2.46. The van der Waals surface area contributed by atoms with Gasteiger partial charge in [-0.1, -0.05) is 20.8 Å². The number of nitrogens with one attached hydrogen (secondary N) is 1. The van der Waals surface area contributed by atoms with Crippen molar-refractivity contribution >= 4 is 38.0 Å². The van der Waals surface area contributed by atoms with Gasteiger partial charge in [-0.15, -0.1) is 0 Å². The summed E-state index contributed by atoms with van der Waals surface area (Å²) in [6, 6.07) is 4.73. The van der Waals surface area contributed by atoms with E-state index in [1.54, 1.807) is 12.1 Å². The van der Waals surface area contributed by atoms with Gasteiger partial charge in [-0.3, -0.25) is 9.59 Å². The summed E-state index contributed by atoms with van der Waals surface area (Å²) in [5.74, 6) is 0.592. The van der Waals surface area contributed by atoms with Crippen LogP contribution in [-0.4, -0.2) is 23.3 Å². The highest BCUT2D eigenvalue weighted by atomic mass is 35.5. The topological polar surface area (TPSA) is 59.2 Å². The zero-order valence-corrected chi connectivity index (χ0v) is 13.5. The zero-order valence-electron chi connectivity index (χ0n) is 11.6. The lowest BCUT2D eigenvalue weighted by atomic mass is 9.83. The van der Waals surface area contributed by atoms with Crippen LogP contribution < -0.4 is 10.3 Å². The molecule has 1 aliphatic carbocycles. The molecule has 1 fully saturated rings. The van der Waals surface area contributed by atoms with Crippen molar-refractivity contribution in [3.63, 3.8) is 0 Å². The third-order valence-electron chi connectivity index (χ3n) is 3.78. The first-order valence-electron chi connectivity index (χ1n) is 6.80. The molecule has 0 aliphatic heterocycles. The van der Waals surface area contributed by atoms with E-state index in [1.165, 1.54) is 6.07 Å². The summed E-state index contributed by atoms with van der Waals surface area (Å²) < 4.78 is 19.0. The fourth-order valence-corrected chi connectivity index (χ4v) is 3.54. The number of halogens is 2. The van der Waals surface area contributed by atoms with Crippen LogP contribution in [0.25, 0.3) is 10.9 Å². The maximum absolute atomic E-state index is 13.4. The number of pyridine rings is 1. The van der Waals surface area contributed by atoms with E-state index in [0.717, 1.165) is 0 Å². The van der Waals surface area contributed by atoms with Gasteiger partial charge in [0.25, 0.3) is 5.56 Å². The Balaban J connectivity index is 1.83. The molecular weight excluding hydrogens is 328 g/mol. The Morgan fingerprint density at radius 2 is 2.18 bits per heavy atom. The quantitative estimate of drug-likeness (QED) is 0.685. The maximum atomic E-state index is 13.4. The van der Waals surface area contributed by atoms with Gasteiger partial charge in [-0.25, -0.2) is 4.39 Å². The number of hydrogen-bond acceptors (Lipinski definition) is 3. The lowest BCUT2D eigenvalue weighted by Gasteiger charge is -2.38. The molecule has 1 unspecified atom stereocenters. The molecule has 1 atom stereocenters. The summed E-state index contributed by atoms with van der Waals surface area (Å²) in [5, 5.41) is -0.138. The predicted molar refractivity (Wildman–Crippen MR) is 86.7 cm³/mol. The van der Waals surface area contributed by atoms with Crippen LogP contribution in [0.5, 0.6) is 5.75 Å². The number of benzene rings is 1. The molecule has 0 bridgehead atoms. The lowest BCUT2D eigenvalue weighted by Crippen LogP contribution is -2.37. The normalized spacial score (nSPS) is 24.0. The monoisotopic (exact) mass is 341 g/mol. The Labute approximate surface area is 133 Å². The first-order valence-corrected chi connectivity index (χ1v) is 7.76. The number of fused-ring (bicyclic) bond motifs is 1. The first kappa shape index (κ1) is 15.4. The standard InChI is InChI=1S/C15H14ClFNO3P/c16-11-2-9-1-10(6-19)14(20)18-12(9)3-13(11)21-7-8-4-15(17,22)5-8/h1-3,6,8H,4-5,7,22H2,(H,18,20). The van der Waals surface area contributed by atoms with Crippen molar-refractivity contribution in [1.82, 2.24) is 4.98 Å². The van der Waals surface area contributed by atoms with E-state index in [9.17, 15) is 14.0 Å². The van der Waals surface area contributed by atoms with Gasteiger partial charge in [0.05, 0.1) is 22.7 Å². The molecule has 1 aromatic carbocycles.